The van der Waals surface area contributed by atoms with Gasteiger partial charge >= 0.3 is 0 Å². The molecular weight excluding hydrogens is 251 g/mol. The van der Waals surface area contributed by atoms with Crippen molar-refractivity contribution >= 4 is 0 Å². The fraction of sp³-hybridized carbons (Fsp3) is 0.647. The molecule has 0 radical (unpaired) electrons. The van der Waals surface area contributed by atoms with E-state index in [0.717, 1.165) is 38.2 Å². The van der Waals surface area contributed by atoms with Crippen molar-refractivity contribution in [3.8, 4) is 0 Å². The van der Waals surface area contributed by atoms with Gasteiger partial charge in [0.15, 0.2) is 0 Å². The molecule has 2 nitrogen and oxygen atoms in total. The summed E-state index contributed by atoms with van der Waals surface area (Å²) in [7, 11) is 0. The summed E-state index contributed by atoms with van der Waals surface area (Å²) in [6.45, 7) is 12.9. The number of nitrogens with zero attached hydrogens (tertiary/aromatic N) is 2. The fourth-order valence-corrected chi connectivity index (χ4v) is 2.97. The van der Waals surface area contributed by atoms with Gasteiger partial charge in [-0.05, 0) is 38.8 Å². The Kier molecular flexibility index (Phi) is 5.17. The highest BCUT2D eigenvalue weighted by Gasteiger charge is 2.24. The van der Waals surface area contributed by atoms with Gasteiger partial charge in [0.2, 0.25) is 0 Å². The Morgan fingerprint density at radius 3 is 2.20 bits per heavy atom. The van der Waals surface area contributed by atoms with Crippen LogP contribution >= 0.6 is 0 Å². The quantitative estimate of drug-likeness (QED) is 0.832. The highest BCUT2D eigenvalue weighted by molar-refractivity contribution is 5.27. The van der Waals surface area contributed by atoms with Gasteiger partial charge in [0.05, 0.1) is 0 Å². The number of hydrogen-bond acceptors (Lipinski definition) is 2. The molecule has 0 unspecified atom stereocenters. The molecule has 3 heteroatoms. The summed E-state index contributed by atoms with van der Waals surface area (Å²) in [5.41, 5.74) is 2.07. The van der Waals surface area contributed by atoms with Crippen LogP contribution in [0.2, 0.25) is 0 Å². The molecule has 0 aliphatic carbocycles. The van der Waals surface area contributed by atoms with E-state index in [4.69, 9.17) is 0 Å². The van der Waals surface area contributed by atoms with Gasteiger partial charge in [-0.2, -0.15) is 0 Å². The lowest BCUT2D eigenvalue weighted by atomic mass is 10.0. The van der Waals surface area contributed by atoms with Crippen molar-refractivity contribution in [2.75, 3.05) is 26.2 Å². The first-order chi connectivity index (χ1) is 9.52. The Hall–Kier alpha value is -0.930. The van der Waals surface area contributed by atoms with E-state index in [1.54, 1.807) is 6.07 Å². The average molecular weight is 278 g/mol. The minimum atomic E-state index is -0.0685. The van der Waals surface area contributed by atoms with Gasteiger partial charge in [-0.25, -0.2) is 4.39 Å². The molecule has 0 saturated carbocycles. The Labute approximate surface area is 122 Å². The Bertz CT molecular complexity index is 437. The second-order valence-electron chi connectivity index (χ2n) is 6.05. The summed E-state index contributed by atoms with van der Waals surface area (Å²) in [5, 5.41) is 0. The molecule has 0 spiro atoms. The molecule has 1 aliphatic rings. The van der Waals surface area contributed by atoms with Gasteiger partial charge < -0.3 is 0 Å². The summed E-state index contributed by atoms with van der Waals surface area (Å²) in [6, 6.07) is 6.31. The normalized spacial score (nSPS) is 19.5. The molecule has 1 atom stereocenters. The van der Waals surface area contributed by atoms with Gasteiger partial charge in [-0.1, -0.05) is 19.1 Å². The molecule has 0 aromatic heterocycles. The van der Waals surface area contributed by atoms with Gasteiger partial charge in [-0.3, -0.25) is 9.80 Å². The standard InChI is InChI=1S/C17H27FN2/c1-5-15-6-7-17(18)16(12-15)14(4)20-10-8-19(9-11-20)13(2)3/h6-7,12-14H,5,8-11H2,1-4H3/t14-/m0/s1. The number of hydrogen-bond donors (Lipinski definition) is 0. The van der Waals surface area contributed by atoms with Gasteiger partial charge in [-0.15, -0.1) is 0 Å². The van der Waals surface area contributed by atoms with Crippen LogP contribution in [-0.2, 0) is 6.42 Å². The van der Waals surface area contributed by atoms with E-state index in [9.17, 15) is 4.39 Å². The van der Waals surface area contributed by atoms with Crippen LogP contribution in [-0.4, -0.2) is 42.0 Å². The second-order valence-corrected chi connectivity index (χ2v) is 6.05. The molecule has 1 saturated heterocycles. The van der Waals surface area contributed by atoms with E-state index in [2.05, 4.69) is 37.5 Å². The van der Waals surface area contributed by atoms with E-state index < -0.39 is 0 Å². The van der Waals surface area contributed by atoms with E-state index in [1.165, 1.54) is 5.56 Å². The Balaban J connectivity index is 2.07. The van der Waals surface area contributed by atoms with Crippen LogP contribution < -0.4 is 0 Å². The van der Waals surface area contributed by atoms with Crippen molar-refractivity contribution < 1.29 is 4.39 Å². The summed E-state index contributed by atoms with van der Waals surface area (Å²) in [5.74, 6) is -0.0685. The molecule has 1 aromatic rings. The third kappa shape index (κ3) is 3.39. The van der Waals surface area contributed by atoms with E-state index in [-0.39, 0.29) is 11.9 Å². The van der Waals surface area contributed by atoms with Crippen LogP contribution in [0.15, 0.2) is 18.2 Å². The molecule has 0 N–H and O–H groups in total. The maximum Gasteiger partial charge on any atom is 0.127 e. The van der Waals surface area contributed by atoms with Crippen LogP contribution in [0.1, 0.15) is 44.9 Å². The lowest BCUT2D eigenvalue weighted by Crippen LogP contribution is -2.49. The van der Waals surface area contributed by atoms with Crippen molar-refractivity contribution in [2.24, 2.45) is 0 Å². The minimum Gasteiger partial charge on any atom is -0.298 e. The second kappa shape index (κ2) is 6.68. The van der Waals surface area contributed by atoms with Crippen LogP contribution in [0, 0.1) is 5.82 Å². The van der Waals surface area contributed by atoms with Crippen LogP contribution in [0.3, 0.4) is 0 Å². The molecule has 1 aromatic carbocycles. The van der Waals surface area contributed by atoms with Crippen molar-refractivity contribution in [1.82, 2.24) is 9.80 Å². The Morgan fingerprint density at radius 2 is 1.65 bits per heavy atom. The third-order valence-corrected chi connectivity index (χ3v) is 4.55. The van der Waals surface area contributed by atoms with Crippen LogP contribution in [0.5, 0.6) is 0 Å². The molecule has 0 bridgehead atoms. The number of benzene rings is 1. The monoisotopic (exact) mass is 278 g/mol. The van der Waals surface area contributed by atoms with Gasteiger partial charge in [0.1, 0.15) is 5.82 Å². The van der Waals surface area contributed by atoms with Crippen molar-refractivity contribution in [2.45, 2.75) is 46.2 Å². The molecule has 20 heavy (non-hydrogen) atoms. The number of piperazine rings is 1. The summed E-state index contributed by atoms with van der Waals surface area (Å²) < 4.78 is 14.1. The minimum absolute atomic E-state index is 0.0685. The lowest BCUT2D eigenvalue weighted by Gasteiger charge is -2.40. The van der Waals surface area contributed by atoms with Crippen molar-refractivity contribution in [1.29, 1.82) is 0 Å². The number of aryl methyl sites for hydroxylation is 1. The largest absolute Gasteiger partial charge is 0.298 e. The Morgan fingerprint density at radius 1 is 1.05 bits per heavy atom. The molecule has 1 heterocycles. The molecule has 1 fully saturated rings. The SMILES string of the molecule is CCc1ccc(F)c([C@H](C)N2CCN(C(C)C)CC2)c1. The molecule has 112 valence electrons. The predicted molar refractivity (Wildman–Crippen MR) is 82.5 cm³/mol. The van der Waals surface area contributed by atoms with Crippen molar-refractivity contribution in [3.63, 3.8) is 0 Å². The van der Waals surface area contributed by atoms with Gasteiger partial charge in [0, 0.05) is 43.8 Å². The van der Waals surface area contributed by atoms with E-state index >= 15 is 0 Å². The zero-order valence-electron chi connectivity index (χ0n) is 13.2. The first-order valence-electron chi connectivity index (χ1n) is 7.79. The zero-order valence-corrected chi connectivity index (χ0v) is 13.2. The molecule has 2 rings (SSSR count). The van der Waals surface area contributed by atoms with E-state index in [1.807, 2.05) is 12.1 Å². The summed E-state index contributed by atoms with van der Waals surface area (Å²) in [6.07, 6.45) is 0.959. The highest BCUT2D eigenvalue weighted by atomic mass is 19.1. The predicted octanol–water partition coefficient (Wildman–Crippen LogP) is 3.48. The van der Waals surface area contributed by atoms with Crippen LogP contribution in [0.25, 0.3) is 0 Å². The van der Waals surface area contributed by atoms with Crippen LogP contribution in [0.4, 0.5) is 4.39 Å². The smallest absolute Gasteiger partial charge is 0.127 e. The van der Waals surface area contributed by atoms with Crippen molar-refractivity contribution in [3.05, 3.63) is 35.1 Å². The lowest BCUT2D eigenvalue weighted by molar-refractivity contribution is 0.0822. The maximum absolute atomic E-state index is 14.1. The molecular formula is C17H27FN2. The zero-order chi connectivity index (χ0) is 14.7. The number of halogens is 1. The molecule has 0 amide bonds. The average Bonchev–Trinajstić information content (AvgIpc) is 2.47. The first-order valence-corrected chi connectivity index (χ1v) is 7.79. The highest BCUT2D eigenvalue weighted by Crippen LogP contribution is 2.25. The summed E-state index contributed by atoms with van der Waals surface area (Å²) >= 11 is 0. The third-order valence-electron chi connectivity index (χ3n) is 4.55. The topological polar surface area (TPSA) is 6.48 Å². The number of rotatable bonds is 4. The first kappa shape index (κ1) is 15.5. The summed E-state index contributed by atoms with van der Waals surface area (Å²) in [4.78, 5) is 4.89. The maximum atomic E-state index is 14.1. The molecule has 1 aliphatic heterocycles. The van der Waals surface area contributed by atoms with E-state index in [0.29, 0.717) is 6.04 Å². The fourth-order valence-electron chi connectivity index (χ4n) is 2.97. The van der Waals surface area contributed by atoms with Gasteiger partial charge in [0.25, 0.3) is 0 Å².